The maximum Gasteiger partial charge on any atom is 0.255 e. The number of hydrogen-bond acceptors (Lipinski definition) is 3. The predicted octanol–water partition coefficient (Wildman–Crippen LogP) is 4.32. The highest BCUT2D eigenvalue weighted by atomic mass is 16.5. The molecule has 0 saturated heterocycles. The summed E-state index contributed by atoms with van der Waals surface area (Å²) in [5.41, 5.74) is 3.08. The van der Waals surface area contributed by atoms with Gasteiger partial charge in [-0.15, -0.1) is 0 Å². The molecule has 4 heteroatoms. The fourth-order valence-corrected chi connectivity index (χ4v) is 4.46. The molecule has 1 aromatic carbocycles. The van der Waals surface area contributed by atoms with Crippen LogP contribution in [0.15, 0.2) is 17.7 Å². The minimum atomic E-state index is -0.292. The highest BCUT2D eigenvalue weighted by Crippen LogP contribution is 2.54. The number of allylic oxidation sites excluding steroid dienone is 2. The molecule has 1 amide bonds. The van der Waals surface area contributed by atoms with Crippen LogP contribution in [-0.4, -0.2) is 23.7 Å². The molecule has 0 saturated carbocycles. The SMILES string of the molecule is CCCc1cc2c(c(O)c1C(=O)NC)C1C=C(C)CC[C@H]1C(C)(C)O2. The molecule has 2 N–H and O–H groups in total. The van der Waals surface area contributed by atoms with Crippen molar-refractivity contribution >= 4 is 5.91 Å². The summed E-state index contributed by atoms with van der Waals surface area (Å²) in [6, 6.07) is 1.97. The van der Waals surface area contributed by atoms with Gasteiger partial charge in [0.25, 0.3) is 5.91 Å². The van der Waals surface area contributed by atoms with Crippen molar-refractivity contribution in [1.29, 1.82) is 0 Å². The number of benzene rings is 1. The number of ether oxygens (including phenoxy) is 1. The highest BCUT2D eigenvalue weighted by Gasteiger charge is 2.46. The Balaban J connectivity index is 2.25. The summed E-state index contributed by atoms with van der Waals surface area (Å²) >= 11 is 0. The molecule has 0 spiro atoms. The number of aryl methyl sites for hydroxylation is 1. The number of amides is 1. The van der Waals surface area contributed by atoms with Gasteiger partial charge < -0.3 is 15.2 Å². The van der Waals surface area contributed by atoms with E-state index in [4.69, 9.17) is 4.74 Å². The summed E-state index contributed by atoms with van der Waals surface area (Å²) in [5, 5.41) is 13.7. The van der Waals surface area contributed by atoms with Gasteiger partial charge in [-0.25, -0.2) is 0 Å². The first-order valence-electron chi connectivity index (χ1n) is 9.27. The minimum absolute atomic E-state index is 0.0894. The van der Waals surface area contributed by atoms with Gasteiger partial charge in [-0.1, -0.05) is 25.0 Å². The topological polar surface area (TPSA) is 58.6 Å². The number of phenolic OH excluding ortho intramolecular Hbond substituents is 1. The number of carbonyl (C=O) groups is 1. The number of rotatable bonds is 3. The Bertz CT molecular complexity index is 733. The van der Waals surface area contributed by atoms with E-state index in [-0.39, 0.29) is 23.2 Å². The first-order valence-corrected chi connectivity index (χ1v) is 9.27. The Hall–Kier alpha value is -1.97. The van der Waals surface area contributed by atoms with Crippen molar-refractivity contribution in [2.45, 2.75) is 64.9 Å². The molecule has 4 nitrogen and oxygen atoms in total. The average molecular weight is 343 g/mol. The second-order valence-electron chi connectivity index (χ2n) is 7.89. The molecule has 2 atom stereocenters. The number of aromatic hydroxyl groups is 1. The molecule has 1 aliphatic heterocycles. The number of hydrogen-bond donors (Lipinski definition) is 2. The molecular weight excluding hydrogens is 314 g/mol. The molecular formula is C21H29NO3. The van der Waals surface area contributed by atoms with Crippen LogP contribution in [0.5, 0.6) is 11.5 Å². The van der Waals surface area contributed by atoms with Gasteiger partial charge in [-0.2, -0.15) is 0 Å². The third-order valence-corrected chi connectivity index (χ3v) is 5.70. The van der Waals surface area contributed by atoms with Crippen molar-refractivity contribution in [2.24, 2.45) is 5.92 Å². The van der Waals surface area contributed by atoms with Crippen molar-refractivity contribution in [2.75, 3.05) is 7.05 Å². The zero-order valence-electron chi connectivity index (χ0n) is 15.9. The predicted molar refractivity (Wildman–Crippen MR) is 99.4 cm³/mol. The molecule has 1 aliphatic carbocycles. The van der Waals surface area contributed by atoms with Gasteiger partial charge in [0.1, 0.15) is 17.1 Å². The Morgan fingerprint density at radius 1 is 1.44 bits per heavy atom. The van der Waals surface area contributed by atoms with Crippen molar-refractivity contribution < 1.29 is 14.6 Å². The van der Waals surface area contributed by atoms with Crippen LogP contribution in [0.3, 0.4) is 0 Å². The summed E-state index contributed by atoms with van der Waals surface area (Å²) in [7, 11) is 1.60. The van der Waals surface area contributed by atoms with Crippen LogP contribution in [0.25, 0.3) is 0 Å². The van der Waals surface area contributed by atoms with E-state index < -0.39 is 0 Å². The van der Waals surface area contributed by atoms with E-state index in [1.54, 1.807) is 7.05 Å². The van der Waals surface area contributed by atoms with Crippen LogP contribution < -0.4 is 10.1 Å². The highest BCUT2D eigenvalue weighted by molar-refractivity contribution is 5.99. The van der Waals surface area contributed by atoms with Gasteiger partial charge in [0, 0.05) is 24.4 Å². The summed E-state index contributed by atoms with van der Waals surface area (Å²) in [6.45, 7) is 8.47. The fourth-order valence-electron chi connectivity index (χ4n) is 4.46. The lowest BCUT2D eigenvalue weighted by atomic mass is 9.67. The lowest BCUT2D eigenvalue weighted by molar-refractivity contribution is 0.0107. The quantitative estimate of drug-likeness (QED) is 0.804. The van der Waals surface area contributed by atoms with E-state index in [0.29, 0.717) is 11.5 Å². The molecule has 3 rings (SSSR count). The van der Waals surface area contributed by atoms with Crippen molar-refractivity contribution in [1.82, 2.24) is 5.32 Å². The summed E-state index contributed by atoms with van der Waals surface area (Å²) < 4.78 is 6.34. The van der Waals surface area contributed by atoms with Crippen LogP contribution in [0.4, 0.5) is 0 Å². The molecule has 25 heavy (non-hydrogen) atoms. The molecule has 1 aromatic rings. The number of phenols is 1. The van der Waals surface area contributed by atoms with Gasteiger partial charge in [0.05, 0.1) is 5.56 Å². The lowest BCUT2D eigenvalue weighted by Gasteiger charge is -2.46. The largest absolute Gasteiger partial charge is 0.507 e. The zero-order valence-corrected chi connectivity index (χ0v) is 15.9. The van der Waals surface area contributed by atoms with Gasteiger partial charge in [-0.05, 0) is 51.7 Å². The minimum Gasteiger partial charge on any atom is -0.507 e. The lowest BCUT2D eigenvalue weighted by Crippen LogP contribution is -2.45. The zero-order chi connectivity index (χ0) is 18.4. The maximum atomic E-state index is 12.4. The third-order valence-electron chi connectivity index (χ3n) is 5.70. The normalized spacial score (nSPS) is 23.8. The third kappa shape index (κ3) is 2.92. The van der Waals surface area contributed by atoms with E-state index in [9.17, 15) is 9.90 Å². The Labute approximate surface area is 150 Å². The first-order chi connectivity index (χ1) is 11.8. The second-order valence-corrected chi connectivity index (χ2v) is 7.89. The van der Waals surface area contributed by atoms with Gasteiger partial charge in [-0.3, -0.25) is 4.79 Å². The molecule has 0 fully saturated rings. The van der Waals surface area contributed by atoms with E-state index in [2.05, 4.69) is 39.1 Å². The Kier molecular flexibility index (Phi) is 4.56. The molecule has 0 radical (unpaired) electrons. The molecule has 136 valence electrons. The van der Waals surface area contributed by atoms with E-state index in [1.807, 2.05) is 6.07 Å². The molecule has 2 aliphatic rings. The number of nitrogens with one attached hydrogen (secondary N) is 1. The monoisotopic (exact) mass is 343 g/mol. The first kappa shape index (κ1) is 17.8. The maximum absolute atomic E-state index is 12.4. The second kappa shape index (κ2) is 6.40. The number of fused-ring (bicyclic) bond motifs is 3. The van der Waals surface area contributed by atoms with E-state index in [0.717, 1.165) is 42.6 Å². The van der Waals surface area contributed by atoms with Gasteiger partial charge in [0.2, 0.25) is 0 Å². The van der Waals surface area contributed by atoms with Crippen molar-refractivity contribution in [3.8, 4) is 11.5 Å². The van der Waals surface area contributed by atoms with Gasteiger partial charge in [0.15, 0.2) is 0 Å². The van der Waals surface area contributed by atoms with E-state index >= 15 is 0 Å². The molecule has 1 unspecified atom stereocenters. The molecule has 1 heterocycles. The summed E-state index contributed by atoms with van der Waals surface area (Å²) in [5.74, 6) is 0.972. The Morgan fingerprint density at radius 2 is 2.16 bits per heavy atom. The van der Waals surface area contributed by atoms with Crippen molar-refractivity contribution in [3.63, 3.8) is 0 Å². The number of carbonyl (C=O) groups excluding carboxylic acids is 1. The molecule has 0 bridgehead atoms. The molecule has 0 aromatic heterocycles. The average Bonchev–Trinajstić information content (AvgIpc) is 2.53. The van der Waals surface area contributed by atoms with Gasteiger partial charge >= 0.3 is 0 Å². The standard InChI is InChI=1S/C21H29NO3/c1-6-7-13-11-16-18(19(23)17(13)20(24)22-5)14-10-12(2)8-9-15(14)21(3,4)25-16/h10-11,14-15,23H,6-9H2,1-5H3,(H,22,24)/t14?,15-/m1/s1. The summed E-state index contributed by atoms with van der Waals surface area (Å²) in [4.78, 5) is 12.4. The van der Waals surface area contributed by atoms with E-state index in [1.165, 1.54) is 5.57 Å². The smallest absolute Gasteiger partial charge is 0.255 e. The van der Waals surface area contributed by atoms with Crippen LogP contribution in [-0.2, 0) is 6.42 Å². The van der Waals surface area contributed by atoms with Crippen LogP contribution >= 0.6 is 0 Å². The van der Waals surface area contributed by atoms with Crippen LogP contribution in [0.1, 0.15) is 74.4 Å². The fraction of sp³-hybridized carbons (Fsp3) is 0.571. The summed E-state index contributed by atoms with van der Waals surface area (Å²) in [6.07, 6.45) is 5.97. The van der Waals surface area contributed by atoms with Crippen molar-refractivity contribution in [3.05, 3.63) is 34.4 Å². The Morgan fingerprint density at radius 3 is 2.80 bits per heavy atom. The van der Waals surface area contributed by atoms with Crippen LogP contribution in [0, 0.1) is 5.92 Å². The van der Waals surface area contributed by atoms with Crippen LogP contribution in [0.2, 0.25) is 0 Å².